The van der Waals surface area contributed by atoms with Crippen LogP contribution in [0.3, 0.4) is 0 Å². The number of nitrogens with zero attached hydrogens (tertiary/aromatic N) is 2. The summed E-state index contributed by atoms with van der Waals surface area (Å²) in [6.45, 7) is 5.01. The Morgan fingerprint density at radius 2 is 2.10 bits per heavy atom. The SMILES string of the molecule is CCNCc1cc(N2CCCCc3ccccc32)ccn1. The van der Waals surface area contributed by atoms with Gasteiger partial charge in [0.25, 0.3) is 0 Å². The molecule has 2 heterocycles. The molecule has 0 bridgehead atoms. The number of rotatable bonds is 4. The monoisotopic (exact) mass is 281 g/mol. The number of hydrogen-bond acceptors (Lipinski definition) is 3. The van der Waals surface area contributed by atoms with Crippen LogP contribution < -0.4 is 10.2 Å². The fourth-order valence-corrected chi connectivity index (χ4v) is 2.94. The number of pyridine rings is 1. The van der Waals surface area contributed by atoms with E-state index in [0.717, 1.165) is 25.3 Å². The Morgan fingerprint density at radius 1 is 1.19 bits per heavy atom. The van der Waals surface area contributed by atoms with Crippen LogP contribution in [0.15, 0.2) is 42.6 Å². The molecule has 110 valence electrons. The van der Waals surface area contributed by atoms with Crippen LogP contribution in [0, 0.1) is 0 Å². The van der Waals surface area contributed by atoms with E-state index in [9.17, 15) is 0 Å². The number of benzene rings is 1. The van der Waals surface area contributed by atoms with E-state index in [1.165, 1.54) is 36.2 Å². The molecule has 3 nitrogen and oxygen atoms in total. The van der Waals surface area contributed by atoms with E-state index >= 15 is 0 Å². The summed E-state index contributed by atoms with van der Waals surface area (Å²) in [5.41, 5.74) is 5.18. The molecule has 0 spiro atoms. The third kappa shape index (κ3) is 3.24. The zero-order valence-corrected chi connectivity index (χ0v) is 12.7. The Morgan fingerprint density at radius 3 is 3.00 bits per heavy atom. The van der Waals surface area contributed by atoms with Crippen LogP contribution in [-0.4, -0.2) is 18.1 Å². The molecular formula is C18H23N3. The Kier molecular flexibility index (Phi) is 4.51. The highest BCUT2D eigenvalue weighted by Crippen LogP contribution is 2.32. The molecule has 1 aromatic heterocycles. The van der Waals surface area contributed by atoms with E-state index in [4.69, 9.17) is 0 Å². The molecule has 1 N–H and O–H groups in total. The van der Waals surface area contributed by atoms with Gasteiger partial charge < -0.3 is 10.2 Å². The normalized spacial score (nSPS) is 14.6. The van der Waals surface area contributed by atoms with Gasteiger partial charge in [-0.25, -0.2) is 0 Å². The van der Waals surface area contributed by atoms with Crippen molar-refractivity contribution in [3.05, 3.63) is 53.9 Å². The molecule has 3 rings (SSSR count). The van der Waals surface area contributed by atoms with Crippen LogP contribution in [0.4, 0.5) is 11.4 Å². The number of anilines is 2. The third-order valence-corrected chi connectivity index (χ3v) is 4.03. The summed E-state index contributed by atoms with van der Waals surface area (Å²) >= 11 is 0. The second-order valence-electron chi connectivity index (χ2n) is 5.52. The van der Waals surface area contributed by atoms with Crippen molar-refractivity contribution in [1.29, 1.82) is 0 Å². The summed E-state index contributed by atoms with van der Waals surface area (Å²) in [7, 11) is 0. The fourth-order valence-electron chi connectivity index (χ4n) is 2.94. The van der Waals surface area contributed by atoms with Crippen LogP contribution in [0.5, 0.6) is 0 Å². The van der Waals surface area contributed by atoms with Crippen LogP contribution in [0.1, 0.15) is 31.0 Å². The number of aryl methyl sites for hydroxylation is 1. The van der Waals surface area contributed by atoms with Crippen molar-refractivity contribution < 1.29 is 0 Å². The van der Waals surface area contributed by atoms with E-state index in [0.29, 0.717) is 0 Å². The molecule has 0 atom stereocenters. The van der Waals surface area contributed by atoms with Crippen LogP contribution >= 0.6 is 0 Å². The second-order valence-corrected chi connectivity index (χ2v) is 5.52. The highest BCUT2D eigenvalue weighted by Gasteiger charge is 2.16. The highest BCUT2D eigenvalue weighted by atomic mass is 15.1. The van der Waals surface area contributed by atoms with Gasteiger partial charge in [-0.3, -0.25) is 4.98 Å². The lowest BCUT2D eigenvalue weighted by molar-refractivity contribution is 0.709. The topological polar surface area (TPSA) is 28.2 Å². The maximum Gasteiger partial charge on any atom is 0.0562 e. The lowest BCUT2D eigenvalue weighted by Gasteiger charge is -2.25. The first-order valence-corrected chi connectivity index (χ1v) is 7.89. The summed E-state index contributed by atoms with van der Waals surface area (Å²) in [6.07, 6.45) is 5.61. The molecule has 1 aromatic carbocycles. The minimum absolute atomic E-state index is 0.833. The molecule has 0 aliphatic carbocycles. The predicted octanol–water partition coefficient (Wildman–Crippen LogP) is 3.67. The molecule has 0 radical (unpaired) electrons. The fraction of sp³-hybridized carbons (Fsp3) is 0.389. The van der Waals surface area contributed by atoms with Crippen molar-refractivity contribution in [2.24, 2.45) is 0 Å². The smallest absolute Gasteiger partial charge is 0.0562 e. The molecule has 0 amide bonds. The standard InChI is InChI=1S/C18H23N3/c1-2-19-14-16-13-17(10-11-20-16)21-12-6-5-8-15-7-3-4-9-18(15)21/h3-4,7,9-11,13,19H,2,5-6,8,12,14H2,1H3. The molecule has 1 aliphatic heterocycles. The van der Waals surface area contributed by atoms with Crippen molar-refractivity contribution in [1.82, 2.24) is 10.3 Å². The van der Waals surface area contributed by atoms with E-state index in [1.807, 2.05) is 6.20 Å². The lowest BCUT2D eigenvalue weighted by atomic mass is 10.1. The molecule has 0 unspecified atom stereocenters. The van der Waals surface area contributed by atoms with Gasteiger partial charge in [-0.05, 0) is 49.6 Å². The number of fused-ring (bicyclic) bond motifs is 1. The zero-order chi connectivity index (χ0) is 14.5. The van der Waals surface area contributed by atoms with Gasteiger partial charge in [-0.1, -0.05) is 25.1 Å². The van der Waals surface area contributed by atoms with E-state index in [-0.39, 0.29) is 0 Å². The summed E-state index contributed by atoms with van der Waals surface area (Å²) < 4.78 is 0. The summed E-state index contributed by atoms with van der Waals surface area (Å²) in [5.74, 6) is 0. The van der Waals surface area contributed by atoms with Crippen molar-refractivity contribution in [3.63, 3.8) is 0 Å². The number of hydrogen-bond donors (Lipinski definition) is 1. The first kappa shape index (κ1) is 14.1. The summed E-state index contributed by atoms with van der Waals surface area (Å²) in [4.78, 5) is 6.91. The van der Waals surface area contributed by atoms with E-state index in [2.05, 4.69) is 58.5 Å². The summed E-state index contributed by atoms with van der Waals surface area (Å²) in [6, 6.07) is 13.1. The van der Waals surface area contributed by atoms with Gasteiger partial charge >= 0.3 is 0 Å². The molecule has 0 fully saturated rings. The molecule has 1 aliphatic rings. The lowest BCUT2D eigenvalue weighted by Crippen LogP contribution is -2.19. The van der Waals surface area contributed by atoms with Crippen LogP contribution in [-0.2, 0) is 13.0 Å². The van der Waals surface area contributed by atoms with Crippen molar-refractivity contribution in [3.8, 4) is 0 Å². The summed E-state index contributed by atoms with van der Waals surface area (Å²) in [5, 5.41) is 3.35. The Hall–Kier alpha value is -1.87. The third-order valence-electron chi connectivity index (χ3n) is 4.03. The van der Waals surface area contributed by atoms with Crippen molar-refractivity contribution in [2.75, 3.05) is 18.0 Å². The van der Waals surface area contributed by atoms with Gasteiger partial charge in [0.05, 0.1) is 5.69 Å². The average Bonchev–Trinajstić information content (AvgIpc) is 2.75. The van der Waals surface area contributed by atoms with Crippen LogP contribution in [0.25, 0.3) is 0 Å². The van der Waals surface area contributed by atoms with Gasteiger partial charge in [0.1, 0.15) is 0 Å². The van der Waals surface area contributed by atoms with Crippen molar-refractivity contribution >= 4 is 11.4 Å². The minimum Gasteiger partial charge on any atom is -0.341 e. The predicted molar refractivity (Wildman–Crippen MR) is 88.0 cm³/mol. The number of nitrogens with one attached hydrogen (secondary N) is 1. The van der Waals surface area contributed by atoms with E-state index in [1.54, 1.807) is 0 Å². The van der Waals surface area contributed by atoms with Gasteiger partial charge in [0.15, 0.2) is 0 Å². The minimum atomic E-state index is 0.833. The van der Waals surface area contributed by atoms with Gasteiger partial charge in [0.2, 0.25) is 0 Å². The van der Waals surface area contributed by atoms with Crippen LogP contribution in [0.2, 0.25) is 0 Å². The first-order valence-electron chi connectivity index (χ1n) is 7.89. The maximum absolute atomic E-state index is 4.46. The van der Waals surface area contributed by atoms with Crippen molar-refractivity contribution in [2.45, 2.75) is 32.7 Å². The van der Waals surface area contributed by atoms with E-state index < -0.39 is 0 Å². The highest BCUT2D eigenvalue weighted by molar-refractivity contribution is 5.67. The zero-order valence-electron chi connectivity index (χ0n) is 12.7. The largest absolute Gasteiger partial charge is 0.341 e. The molecule has 21 heavy (non-hydrogen) atoms. The molecule has 2 aromatic rings. The van der Waals surface area contributed by atoms with Gasteiger partial charge in [-0.15, -0.1) is 0 Å². The van der Waals surface area contributed by atoms with Gasteiger partial charge in [0, 0.05) is 30.7 Å². The Bertz CT molecular complexity index is 595. The first-order chi connectivity index (χ1) is 10.4. The molecule has 0 saturated carbocycles. The van der Waals surface area contributed by atoms with Gasteiger partial charge in [-0.2, -0.15) is 0 Å². The Balaban J connectivity index is 1.92. The number of para-hydroxylation sites is 1. The number of aromatic nitrogens is 1. The average molecular weight is 281 g/mol. The molecular weight excluding hydrogens is 258 g/mol. The second kappa shape index (κ2) is 6.72. The maximum atomic E-state index is 4.46. The molecule has 0 saturated heterocycles. The quantitative estimate of drug-likeness (QED) is 0.927. The Labute approximate surface area is 127 Å². The molecule has 3 heteroatoms.